The van der Waals surface area contributed by atoms with Gasteiger partial charge in [-0.05, 0) is 18.9 Å². The number of aromatic nitrogens is 2. The molecule has 7 nitrogen and oxygen atoms in total. The van der Waals surface area contributed by atoms with Gasteiger partial charge in [-0.1, -0.05) is 30.3 Å². The van der Waals surface area contributed by atoms with Crippen LogP contribution in [0.15, 0.2) is 47.3 Å². The topological polar surface area (TPSA) is 90.3 Å². The molecule has 0 saturated heterocycles. The molecule has 24 heavy (non-hydrogen) atoms. The Morgan fingerprint density at radius 2 is 1.92 bits per heavy atom. The molecule has 1 aromatic heterocycles. The molecule has 1 atom stereocenters. The molecule has 1 aromatic carbocycles. The first-order chi connectivity index (χ1) is 11.5. The lowest BCUT2D eigenvalue weighted by molar-refractivity contribution is -0.130. The standard InChI is InChI=1S/C17H17N3O4/c1-20-14(21)10-9-13(19-20)17(23)24-15(11-5-3-2-4-6-11)16(22)18-12-7-8-12/h2-6,9-10,12,15H,7-8H2,1H3,(H,18,22). The summed E-state index contributed by atoms with van der Waals surface area (Å²) in [6, 6.07) is 11.5. The summed E-state index contributed by atoms with van der Waals surface area (Å²) in [7, 11) is 1.44. The lowest BCUT2D eigenvalue weighted by atomic mass is 10.1. The minimum atomic E-state index is -1.06. The number of carbonyl (C=O) groups excluding carboxylic acids is 2. The first kappa shape index (κ1) is 15.9. The molecule has 1 fully saturated rings. The second kappa shape index (κ2) is 6.66. The summed E-state index contributed by atoms with van der Waals surface area (Å²) in [6.45, 7) is 0. The monoisotopic (exact) mass is 327 g/mol. The fourth-order valence-corrected chi connectivity index (χ4v) is 2.18. The maximum atomic E-state index is 12.4. The number of nitrogens with zero attached hydrogens (tertiary/aromatic N) is 2. The predicted molar refractivity (Wildman–Crippen MR) is 85.2 cm³/mol. The highest BCUT2D eigenvalue weighted by molar-refractivity contribution is 5.91. The molecular weight excluding hydrogens is 310 g/mol. The van der Waals surface area contributed by atoms with Crippen LogP contribution in [0.2, 0.25) is 0 Å². The molecule has 124 valence electrons. The van der Waals surface area contributed by atoms with Crippen molar-refractivity contribution in [1.82, 2.24) is 15.1 Å². The van der Waals surface area contributed by atoms with Gasteiger partial charge in [0.1, 0.15) is 0 Å². The van der Waals surface area contributed by atoms with Crippen LogP contribution in [0.25, 0.3) is 0 Å². The summed E-state index contributed by atoms with van der Waals surface area (Å²) in [4.78, 5) is 36.1. The van der Waals surface area contributed by atoms with Crippen molar-refractivity contribution >= 4 is 11.9 Å². The van der Waals surface area contributed by atoms with Gasteiger partial charge in [0.2, 0.25) is 6.10 Å². The van der Waals surface area contributed by atoms with Gasteiger partial charge in [-0.25, -0.2) is 9.48 Å². The van der Waals surface area contributed by atoms with E-state index in [0.717, 1.165) is 17.5 Å². The van der Waals surface area contributed by atoms with Crippen LogP contribution in [0.5, 0.6) is 0 Å². The average Bonchev–Trinajstić information content (AvgIpc) is 3.39. The van der Waals surface area contributed by atoms with Gasteiger partial charge in [-0.3, -0.25) is 9.59 Å². The zero-order valence-electron chi connectivity index (χ0n) is 13.1. The molecular formula is C17H17N3O4. The quantitative estimate of drug-likeness (QED) is 0.826. The van der Waals surface area contributed by atoms with Crippen LogP contribution in [0, 0.1) is 0 Å². The molecule has 1 N–H and O–H groups in total. The van der Waals surface area contributed by atoms with Gasteiger partial charge in [0, 0.05) is 24.7 Å². The van der Waals surface area contributed by atoms with Crippen LogP contribution >= 0.6 is 0 Å². The Morgan fingerprint density at radius 1 is 1.21 bits per heavy atom. The molecule has 1 amide bonds. The van der Waals surface area contributed by atoms with Crippen LogP contribution in [-0.4, -0.2) is 27.7 Å². The second-order valence-corrected chi connectivity index (χ2v) is 5.66. The van der Waals surface area contributed by atoms with Crippen molar-refractivity contribution < 1.29 is 14.3 Å². The number of nitrogens with one attached hydrogen (secondary N) is 1. The summed E-state index contributed by atoms with van der Waals surface area (Å²) in [5.74, 6) is -1.12. The number of hydrogen-bond acceptors (Lipinski definition) is 5. The van der Waals surface area contributed by atoms with Gasteiger partial charge in [0.25, 0.3) is 11.5 Å². The molecule has 1 aliphatic carbocycles. The number of hydrogen-bond donors (Lipinski definition) is 1. The minimum Gasteiger partial charge on any atom is -0.443 e. The van der Waals surface area contributed by atoms with E-state index in [1.54, 1.807) is 24.3 Å². The third-order valence-electron chi connectivity index (χ3n) is 3.66. The smallest absolute Gasteiger partial charge is 0.359 e. The van der Waals surface area contributed by atoms with E-state index >= 15 is 0 Å². The highest BCUT2D eigenvalue weighted by Gasteiger charge is 2.31. The lowest BCUT2D eigenvalue weighted by Gasteiger charge is -2.17. The van der Waals surface area contributed by atoms with E-state index in [-0.39, 0.29) is 23.2 Å². The largest absolute Gasteiger partial charge is 0.443 e. The van der Waals surface area contributed by atoms with Gasteiger partial charge in [0.15, 0.2) is 5.69 Å². The first-order valence-corrected chi connectivity index (χ1v) is 7.65. The number of carbonyl (C=O) groups is 2. The maximum absolute atomic E-state index is 12.4. The van der Waals surface area contributed by atoms with E-state index in [1.807, 2.05) is 6.07 Å². The SMILES string of the molecule is Cn1nc(C(=O)OC(C(=O)NC2CC2)c2ccccc2)ccc1=O. The zero-order chi connectivity index (χ0) is 17.1. The molecule has 0 bridgehead atoms. The van der Waals surface area contributed by atoms with Gasteiger partial charge in [-0.15, -0.1) is 0 Å². The lowest BCUT2D eigenvalue weighted by Crippen LogP contribution is -2.34. The number of esters is 1. The van der Waals surface area contributed by atoms with E-state index in [1.165, 1.54) is 19.2 Å². The Balaban J connectivity index is 1.82. The molecule has 1 unspecified atom stereocenters. The van der Waals surface area contributed by atoms with Crippen molar-refractivity contribution in [3.63, 3.8) is 0 Å². The van der Waals surface area contributed by atoms with Crippen LogP contribution in [0.3, 0.4) is 0 Å². The van der Waals surface area contributed by atoms with Gasteiger partial charge < -0.3 is 10.1 Å². The number of benzene rings is 1. The van der Waals surface area contributed by atoms with E-state index in [2.05, 4.69) is 10.4 Å². The Hall–Kier alpha value is -2.96. The van der Waals surface area contributed by atoms with Crippen molar-refractivity contribution in [3.05, 3.63) is 64.1 Å². The third kappa shape index (κ3) is 3.68. The summed E-state index contributed by atoms with van der Waals surface area (Å²) in [6.07, 6.45) is 0.811. The number of ether oxygens (including phenoxy) is 1. The molecule has 1 saturated carbocycles. The zero-order valence-corrected chi connectivity index (χ0v) is 13.1. The molecule has 0 spiro atoms. The van der Waals surface area contributed by atoms with Crippen LogP contribution in [0.4, 0.5) is 0 Å². The summed E-state index contributed by atoms with van der Waals surface area (Å²) in [5, 5.41) is 6.69. The van der Waals surface area contributed by atoms with Crippen LogP contribution in [-0.2, 0) is 16.6 Å². The summed E-state index contributed by atoms with van der Waals surface area (Å²) < 4.78 is 6.42. The number of amides is 1. The highest BCUT2D eigenvalue weighted by Crippen LogP contribution is 2.23. The second-order valence-electron chi connectivity index (χ2n) is 5.66. The minimum absolute atomic E-state index is 0.0303. The van der Waals surface area contributed by atoms with Gasteiger partial charge in [0.05, 0.1) is 0 Å². The van der Waals surface area contributed by atoms with Crippen molar-refractivity contribution in [2.45, 2.75) is 25.0 Å². The number of rotatable bonds is 5. The van der Waals surface area contributed by atoms with Gasteiger partial charge in [-0.2, -0.15) is 5.10 Å². The van der Waals surface area contributed by atoms with E-state index < -0.39 is 12.1 Å². The normalized spacial score (nSPS) is 14.7. The summed E-state index contributed by atoms with van der Waals surface area (Å²) in [5.41, 5.74) is 0.212. The Kier molecular flexibility index (Phi) is 4.41. The van der Waals surface area contributed by atoms with E-state index in [9.17, 15) is 14.4 Å². The van der Waals surface area contributed by atoms with Gasteiger partial charge >= 0.3 is 5.97 Å². The van der Waals surface area contributed by atoms with Crippen molar-refractivity contribution in [1.29, 1.82) is 0 Å². The molecule has 1 heterocycles. The third-order valence-corrected chi connectivity index (χ3v) is 3.66. The van der Waals surface area contributed by atoms with Crippen LogP contribution in [0.1, 0.15) is 35.0 Å². The van der Waals surface area contributed by atoms with Crippen molar-refractivity contribution in [3.8, 4) is 0 Å². The highest BCUT2D eigenvalue weighted by atomic mass is 16.5. The number of aryl methyl sites for hydroxylation is 1. The molecule has 0 aliphatic heterocycles. The fourth-order valence-electron chi connectivity index (χ4n) is 2.18. The van der Waals surface area contributed by atoms with Crippen molar-refractivity contribution in [2.75, 3.05) is 0 Å². The maximum Gasteiger partial charge on any atom is 0.359 e. The molecule has 1 aliphatic rings. The van der Waals surface area contributed by atoms with E-state index in [0.29, 0.717) is 5.56 Å². The summed E-state index contributed by atoms with van der Waals surface area (Å²) >= 11 is 0. The Morgan fingerprint density at radius 3 is 2.54 bits per heavy atom. The van der Waals surface area contributed by atoms with Crippen molar-refractivity contribution in [2.24, 2.45) is 7.05 Å². The first-order valence-electron chi connectivity index (χ1n) is 7.65. The molecule has 3 rings (SSSR count). The van der Waals surface area contributed by atoms with E-state index in [4.69, 9.17) is 4.74 Å². The van der Waals surface area contributed by atoms with Crippen LogP contribution < -0.4 is 10.9 Å². The molecule has 2 aromatic rings. The predicted octanol–water partition coefficient (Wildman–Crippen LogP) is 0.957. The molecule has 7 heteroatoms. The Bertz CT molecular complexity index is 812. The fraction of sp³-hybridized carbons (Fsp3) is 0.294. The average molecular weight is 327 g/mol. The Labute approximate surface area is 138 Å². The molecule has 0 radical (unpaired) electrons.